The van der Waals surface area contributed by atoms with Gasteiger partial charge in [0.2, 0.25) is 5.78 Å². The summed E-state index contributed by atoms with van der Waals surface area (Å²) in [6.07, 6.45) is 6.25. The molecule has 11 heavy (non-hydrogen) atoms. The smallest absolute Gasteiger partial charge is 0.201 e. The van der Waals surface area contributed by atoms with Crippen LogP contribution in [0.15, 0.2) is 25.0 Å². The van der Waals surface area contributed by atoms with Crippen LogP contribution >= 0.6 is 0 Å². The summed E-state index contributed by atoms with van der Waals surface area (Å²) in [5.74, 6) is 0.0550. The van der Waals surface area contributed by atoms with E-state index in [2.05, 4.69) is 6.58 Å². The minimum atomic E-state index is -0.617. The number of rotatable bonds is 3. The van der Waals surface area contributed by atoms with Gasteiger partial charge in [-0.25, -0.2) is 0 Å². The molecule has 0 amide bonds. The molecule has 2 heteroatoms. The Morgan fingerprint density at radius 2 is 2.55 bits per heavy atom. The highest BCUT2D eigenvalue weighted by Crippen LogP contribution is 2.24. The van der Waals surface area contributed by atoms with Gasteiger partial charge in [-0.3, -0.25) is 4.79 Å². The third-order valence-electron chi connectivity index (χ3n) is 1.89. The first-order valence-corrected chi connectivity index (χ1v) is 3.69. The predicted molar refractivity (Wildman–Crippen MR) is 43.1 cm³/mol. The Morgan fingerprint density at radius 3 is 3.00 bits per heavy atom. The van der Waals surface area contributed by atoms with Crippen molar-refractivity contribution in [1.29, 1.82) is 0 Å². The SMILES string of the molecule is C=CCCC1(C)OC=CC1=O. The van der Waals surface area contributed by atoms with Gasteiger partial charge in [0.05, 0.1) is 6.26 Å². The van der Waals surface area contributed by atoms with E-state index in [-0.39, 0.29) is 5.78 Å². The zero-order valence-corrected chi connectivity index (χ0v) is 6.67. The van der Waals surface area contributed by atoms with E-state index >= 15 is 0 Å². The first-order valence-electron chi connectivity index (χ1n) is 3.69. The highest BCUT2D eigenvalue weighted by molar-refractivity contribution is 5.98. The van der Waals surface area contributed by atoms with Crippen molar-refractivity contribution in [2.45, 2.75) is 25.4 Å². The Morgan fingerprint density at radius 1 is 1.82 bits per heavy atom. The molecule has 0 spiro atoms. The average Bonchev–Trinajstić information content (AvgIpc) is 2.30. The monoisotopic (exact) mass is 152 g/mol. The largest absolute Gasteiger partial charge is 0.487 e. The molecule has 0 radical (unpaired) electrons. The van der Waals surface area contributed by atoms with E-state index in [1.807, 2.05) is 0 Å². The van der Waals surface area contributed by atoms with Crippen LogP contribution in [0.5, 0.6) is 0 Å². The zero-order valence-electron chi connectivity index (χ0n) is 6.67. The minimum absolute atomic E-state index is 0.0550. The molecule has 0 fully saturated rings. The third-order valence-corrected chi connectivity index (χ3v) is 1.89. The summed E-state index contributed by atoms with van der Waals surface area (Å²) in [6, 6.07) is 0. The fraction of sp³-hybridized carbons (Fsp3) is 0.444. The van der Waals surface area contributed by atoms with Gasteiger partial charge in [0, 0.05) is 6.08 Å². The molecular weight excluding hydrogens is 140 g/mol. The van der Waals surface area contributed by atoms with Gasteiger partial charge in [0.15, 0.2) is 5.60 Å². The molecular formula is C9H12O2. The molecule has 60 valence electrons. The lowest BCUT2D eigenvalue weighted by Crippen LogP contribution is -2.31. The second-order valence-corrected chi connectivity index (χ2v) is 2.84. The lowest BCUT2D eigenvalue weighted by molar-refractivity contribution is -0.128. The summed E-state index contributed by atoms with van der Waals surface area (Å²) < 4.78 is 5.18. The molecule has 0 bridgehead atoms. The molecule has 0 aromatic rings. The van der Waals surface area contributed by atoms with E-state index < -0.39 is 5.60 Å². The van der Waals surface area contributed by atoms with E-state index in [9.17, 15) is 4.79 Å². The maximum Gasteiger partial charge on any atom is 0.201 e. The van der Waals surface area contributed by atoms with E-state index in [0.29, 0.717) is 6.42 Å². The van der Waals surface area contributed by atoms with Gasteiger partial charge in [0.1, 0.15) is 0 Å². The van der Waals surface area contributed by atoms with Gasteiger partial charge in [-0.1, -0.05) is 6.08 Å². The second-order valence-electron chi connectivity index (χ2n) is 2.84. The Labute approximate surface area is 66.5 Å². The number of carbonyl (C=O) groups is 1. The van der Waals surface area contributed by atoms with Crippen molar-refractivity contribution in [2.75, 3.05) is 0 Å². The van der Waals surface area contributed by atoms with Crippen LogP contribution in [0.3, 0.4) is 0 Å². The standard InChI is InChI=1S/C9H12O2/c1-3-4-6-9(2)8(10)5-7-11-9/h3,5,7H,1,4,6H2,2H3. The van der Waals surface area contributed by atoms with Gasteiger partial charge in [-0.15, -0.1) is 6.58 Å². The molecule has 2 nitrogen and oxygen atoms in total. The average molecular weight is 152 g/mol. The molecule has 0 saturated carbocycles. The molecule has 1 heterocycles. The van der Waals surface area contributed by atoms with E-state index in [4.69, 9.17) is 4.74 Å². The predicted octanol–water partition coefficient (Wildman–Crippen LogP) is 1.82. The Bertz CT molecular complexity index is 206. The van der Waals surface area contributed by atoms with Crippen LogP contribution < -0.4 is 0 Å². The summed E-state index contributed by atoms with van der Waals surface area (Å²) in [5.41, 5.74) is -0.617. The quantitative estimate of drug-likeness (QED) is 0.576. The van der Waals surface area contributed by atoms with Crippen molar-refractivity contribution >= 4 is 5.78 Å². The molecule has 0 aromatic heterocycles. The van der Waals surface area contributed by atoms with Crippen LogP contribution in [-0.4, -0.2) is 11.4 Å². The topological polar surface area (TPSA) is 26.3 Å². The fourth-order valence-corrected chi connectivity index (χ4v) is 1.04. The Balaban J connectivity index is 2.54. The van der Waals surface area contributed by atoms with Crippen LogP contribution in [0.2, 0.25) is 0 Å². The summed E-state index contributed by atoms with van der Waals surface area (Å²) in [7, 11) is 0. The maximum atomic E-state index is 11.2. The van der Waals surface area contributed by atoms with Crippen LogP contribution in [0.25, 0.3) is 0 Å². The van der Waals surface area contributed by atoms with Crippen LogP contribution in [0, 0.1) is 0 Å². The van der Waals surface area contributed by atoms with E-state index in [1.54, 1.807) is 13.0 Å². The van der Waals surface area contributed by atoms with Crippen LogP contribution in [0.4, 0.5) is 0 Å². The van der Waals surface area contributed by atoms with Gasteiger partial charge in [0.25, 0.3) is 0 Å². The number of ketones is 1. The minimum Gasteiger partial charge on any atom is -0.487 e. The number of carbonyl (C=O) groups excluding carboxylic acids is 1. The molecule has 1 aliphatic heterocycles. The molecule has 0 saturated heterocycles. The van der Waals surface area contributed by atoms with Crippen molar-refractivity contribution in [1.82, 2.24) is 0 Å². The first kappa shape index (κ1) is 8.05. The summed E-state index contributed by atoms with van der Waals surface area (Å²) in [6.45, 7) is 5.39. The van der Waals surface area contributed by atoms with Crippen LogP contribution in [-0.2, 0) is 9.53 Å². The van der Waals surface area contributed by atoms with Crippen LogP contribution in [0.1, 0.15) is 19.8 Å². The summed E-state index contributed by atoms with van der Waals surface area (Å²) in [5, 5.41) is 0. The van der Waals surface area contributed by atoms with Crippen molar-refractivity contribution in [3.05, 3.63) is 25.0 Å². The van der Waals surface area contributed by atoms with Gasteiger partial charge in [-0.2, -0.15) is 0 Å². The normalized spacial score (nSPS) is 28.6. The molecule has 0 N–H and O–H groups in total. The van der Waals surface area contributed by atoms with E-state index in [1.165, 1.54) is 12.3 Å². The summed E-state index contributed by atoms with van der Waals surface area (Å²) >= 11 is 0. The molecule has 1 aliphatic rings. The second kappa shape index (κ2) is 2.91. The first-order chi connectivity index (χ1) is 5.19. The highest BCUT2D eigenvalue weighted by atomic mass is 16.5. The highest BCUT2D eigenvalue weighted by Gasteiger charge is 2.35. The van der Waals surface area contributed by atoms with Crippen molar-refractivity contribution in [3.8, 4) is 0 Å². The van der Waals surface area contributed by atoms with Crippen molar-refractivity contribution < 1.29 is 9.53 Å². The lowest BCUT2D eigenvalue weighted by Gasteiger charge is -2.20. The fourth-order valence-electron chi connectivity index (χ4n) is 1.04. The molecule has 0 aliphatic carbocycles. The summed E-state index contributed by atoms with van der Waals surface area (Å²) in [4.78, 5) is 11.2. The molecule has 1 atom stereocenters. The van der Waals surface area contributed by atoms with Gasteiger partial charge >= 0.3 is 0 Å². The Kier molecular flexibility index (Phi) is 2.13. The maximum absolute atomic E-state index is 11.2. The van der Waals surface area contributed by atoms with Gasteiger partial charge < -0.3 is 4.74 Å². The molecule has 1 unspecified atom stereocenters. The number of hydrogen-bond donors (Lipinski definition) is 0. The number of allylic oxidation sites excluding steroid dienone is 1. The van der Waals surface area contributed by atoms with Crippen molar-refractivity contribution in [2.24, 2.45) is 0 Å². The number of ether oxygens (including phenoxy) is 1. The zero-order chi connectivity index (χ0) is 8.32. The molecule has 0 aromatic carbocycles. The van der Waals surface area contributed by atoms with Gasteiger partial charge in [-0.05, 0) is 19.8 Å². The number of hydrogen-bond acceptors (Lipinski definition) is 2. The Hall–Kier alpha value is -1.05. The van der Waals surface area contributed by atoms with Crippen molar-refractivity contribution in [3.63, 3.8) is 0 Å². The van der Waals surface area contributed by atoms with E-state index in [0.717, 1.165) is 6.42 Å². The molecule has 1 rings (SSSR count). The third kappa shape index (κ3) is 1.50. The lowest BCUT2D eigenvalue weighted by atomic mass is 9.96.